The molecule has 2 aliphatic rings. The molecule has 3 rings (SSSR count). The monoisotopic (exact) mass is 417 g/mol. The van der Waals surface area contributed by atoms with Crippen LogP contribution in [0.1, 0.15) is 83.1 Å². The Hall–Kier alpha value is -1.25. The molecule has 1 saturated heterocycles. The molecule has 3 heteroatoms. The van der Waals surface area contributed by atoms with Crippen LogP contribution in [0.2, 0.25) is 5.02 Å². The minimum absolute atomic E-state index is 0.612. The Balaban J connectivity index is 0.00000145. The molecule has 2 nitrogen and oxygen atoms in total. The molecular weight excluding hydrogens is 378 g/mol. The number of hydrogen-bond donors (Lipinski definition) is 0. The summed E-state index contributed by atoms with van der Waals surface area (Å²) >= 11 is 6.39. The van der Waals surface area contributed by atoms with Crippen LogP contribution in [0.3, 0.4) is 0 Å². The predicted molar refractivity (Wildman–Crippen MR) is 127 cm³/mol. The minimum atomic E-state index is 0.612. The van der Waals surface area contributed by atoms with Crippen LogP contribution in [0.5, 0.6) is 0 Å². The second kappa shape index (κ2) is 13.1. The molecular formula is C26H40ClNO. The van der Waals surface area contributed by atoms with Crippen molar-refractivity contribution in [2.24, 2.45) is 0 Å². The summed E-state index contributed by atoms with van der Waals surface area (Å²) in [6, 6.07) is 8.34. The summed E-state index contributed by atoms with van der Waals surface area (Å²) in [6.45, 7) is 11.8. The minimum Gasteiger partial charge on any atom is -0.501 e. The summed E-state index contributed by atoms with van der Waals surface area (Å²) < 4.78 is 5.78. The number of ether oxygens (including phenoxy) is 1. The average molecular weight is 418 g/mol. The molecule has 1 aliphatic heterocycles. The van der Waals surface area contributed by atoms with Crippen molar-refractivity contribution in [2.75, 3.05) is 26.7 Å². The van der Waals surface area contributed by atoms with Gasteiger partial charge in [0.1, 0.15) is 0 Å². The van der Waals surface area contributed by atoms with Gasteiger partial charge in [-0.1, -0.05) is 56.6 Å². The fourth-order valence-corrected chi connectivity index (χ4v) is 4.88. The summed E-state index contributed by atoms with van der Waals surface area (Å²) in [7, 11) is 1.83. The molecule has 0 atom stereocenters. The van der Waals surface area contributed by atoms with Crippen molar-refractivity contribution in [1.82, 2.24) is 4.90 Å². The highest BCUT2D eigenvalue weighted by Gasteiger charge is 2.22. The maximum absolute atomic E-state index is 6.39. The molecule has 0 radical (unpaired) electrons. The predicted octanol–water partition coefficient (Wildman–Crippen LogP) is 7.75. The van der Waals surface area contributed by atoms with E-state index in [1.165, 1.54) is 67.7 Å². The summed E-state index contributed by atoms with van der Waals surface area (Å²) in [4.78, 5) is 2.60. The van der Waals surface area contributed by atoms with Crippen LogP contribution < -0.4 is 0 Å². The summed E-state index contributed by atoms with van der Waals surface area (Å²) in [6.07, 6.45) is 10.8. The lowest BCUT2D eigenvalue weighted by Gasteiger charge is -2.32. The SMILES string of the molecule is C=C1CCCCC/C1=C(\CCCN1CCC(c2ccccc2Cl)CC1)OC.CC. The molecule has 1 aromatic carbocycles. The topological polar surface area (TPSA) is 12.5 Å². The number of piperidine rings is 1. The Kier molecular flexibility index (Phi) is 10.9. The van der Waals surface area contributed by atoms with Crippen molar-refractivity contribution in [3.05, 3.63) is 58.3 Å². The number of allylic oxidation sites excluding steroid dienone is 3. The van der Waals surface area contributed by atoms with E-state index in [0.717, 1.165) is 37.3 Å². The molecule has 0 spiro atoms. The molecule has 1 aliphatic carbocycles. The third-order valence-electron chi connectivity index (χ3n) is 6.23. The van der Waals surface area contributed by atoms with E-state index in [1.54, 1.807) is 0 Å². The van der Waals surface area contributed by atoms with Gasteiger partial charge < -0.3 is 9.64 Å². The van der Waals surface area contributed by atoms with Gasteiger partial charge in [0.05, 0.1) is 12.9 Å². The van der Waals surface area contributed by atoms with Crippen molar-refractivity contribution in [3.8, 4) is 0 Å². The normalized spacial score (nSPS) is 20.5. The largest absolute Gasteiger partial charge is 0.501 e. The maximum Gasteiger partial charge on any atom is 0.0990 e. The lowest BCUT2D eigenvalue weighted by Crippen LogP contribution is -2.33. The lowest BCUT2D eigenvalue weighted by atomic mass is 9.89. The smallest absolute Gasteiger partial charge is 0.0990 e. The first-order valence-electron chi connectivity index (χ1n) is 11.6. The second-order valence-electron chi connectivity index (χ2n) is 8.01. The molecule has 1 heterocycles. The van der Waals surface area contributed by atoms with Gasteiger partial charge in [-0.2, -0.15) is 0 Å². The molecule has 29 heavy (non-hydrogen) atoms. The summed E-state index contributed by atoms with van der Waals surface area (Å²) in [5, 5.41) is 0.927. The van der Waals surface area contributed by atoms with Gasteiger partial charge in [0, 0.05) is 11.4 Å². The average Bonchev–Trinajstić information content (AvgIpc) is 2.98. The van der Waals surface area contributed by atoms with E-state index in [-0.39, 0.29) is 0 Å². The summed E-state index contributed by atoms with van der Waals surface area (Å²) in [5.41, 5.74) is 4.05. The van der Waals surface area contributed by atoms with Gasteiger partial charge in [-0.05, 0) is 93.3 Å². The van der Waals surface area contributed by atoms with Crippen LogP contribution in [0, 0.1) is 0 Å². The molecule has 0 amide bonds. The Morgan fingerprint density at radius 2 is 1.79 bits per heavy atom. The number of nitrogens with zero attached hydrogens (tertiary/aromatic N) is 1. The standard InChI is InChI=1S/C24H34ClNO.C2H6/c1-19-9-4-3-5-10-21(19)24(27-2)13-8-16-26-17-14-20(15-18-26)22-11-6-7-12-23(22)25;1-2/h6-7,11-12,20H,1,3-5,8-10,13-18H2,2H3;1-2H3/b24-21-;. The van der Waals surface area contributed by atoms with E-state index in [0.29, 0.717) is 5.92 Å². The van der Waals surface area contributed by atoms with Crippen molar-refractivity contribution >= 4 is 11.6 Å². The van der Waals surface area contributed by atoms with E-state index in [4.69, 9.17) is 16.3 Å². The Morgan fingerprint density at radius 1 is 1.10 bits per heavy atom. The van der Waals surface area contributed by atoms with Crippen LogP contribution in [0.15, 0.2) is 47.7 Å². The van der Waals surface area contributed by atoms with Gasteiger partial charge >= 0.3 is 0 Å². The van der Waals surface area contributed by atoms with E-state index in [2.05, 4.69) is 23.6 Å². The molecule has 0 bridgehead atoms. The summed E-state index contributed by atoms with van der Waals surface area (Å²) in [5.74, 6) is 1.80. The fourth-order valence-electron chi connectivity index (χ4n) is 4.59. The third-order valence-corrected chi connectivity index (χ3v) is 6.57. The lowest BCUT2D eigenvalue weighted by molar-refractivity contribution is 0.202. The number of halogens is 1. The van der Waals surface area contributed by atoms with Crippen LogP contribution in [-0.2, 0) is 4.74 Å². The highest BCUT2D eigenvalue weighted by atomic mass is 35.5. The first-order chi connectivity index (χ1) is 14.2. The van der Waals surface area contributed by atoms with Gasteiger partial charge in [0.15, 0.2) is 0 Å². The van der Waals surface area contributed by atoms with E-state index < -0.39 is 0 Å². The second-order valence-corrected chi connectivity index (χ2v) is 8.42. The van der Waals surface area contributed by atoms with Crippen molar-refractivity contribution in [2.45, 2.75) is 77.6 Å². The Morgan fingerprint density at radius 3 is 2.48 bits per heavy atom. The molecule has 0 N–H and O–H groups in total. The maximum atomic E-state index is 6.39. The number of likely N-dealkylation sites (tertiary alicyclic amines) is 1. The number of benzene rings is 1. The molecule has 0 aromatic heterocycles. The molecule has 1 aromatic rings. The zero-order valence-corrected chi connectivity index (χ0v) is 19.6. The zero-order valence-electron chi connectivity index (χ0n) is 18.8. The fraction of sp³-hybridized carbons (Fsp3) is 0.615. The van der Waals surface area contributed by atoms with Crippen LogP contribution in [0.25, 0.3) is 0 Å². The van der Waals surface area contributed by atoms with E-state index in [9.17, 15) is 0 Å². The van der Waals surface area contributed by atoms with Gasteiger partial charge in [-0.25, -0.2) is 0 Å². The molecule has 162 valence electrons. The first kappa shape index (κ1) is 24.0. The number of methoxy groups -OCH3 is 1. The zero-order chi connectivity index (χ0) is 21.1. The van der Waals surface area contributed by atoms with Gasteiger partial charge in [0.2, 0.25) is 0 Å². The van der Waals surface area contributed by atoms with Gasteiger partial charge in [0.25, 0.3) is 0 Å². The van der Waals surface area contributed by atoms with E-state index in [1.807, 2.05) is 33.1 Å². The van der Waals surface area contributed by atoms with Crippen LogP contribution in [0.4, 0.5) is 0 Å². The first-order valence-corrected chi connectivity index (χ1v) is 12.0. The highest BCUT2D eigenvalue weighted by Crippen LogP contribution is 2.33. The Labute approximate surface area is 184 Å². The van der Waals surface area contributed by atoms with Crippen molar-refractivity contribution < 1.29 is 4.74 Å². The number of rotatable bonds is 6. The highest BCUT2D eigenvalue weighted by molar-refractivity contribution is 6.31. The Bertz CT molecular complexity index is 658. The quantitative estimate of drug-likeness (QED) is 0.346. The third kappa shape index (κ3) is 7.19. The van der Waals surface area contributed by atoms with Crippen LogP contribution in [-0.4, -0.2) is 31.6 Å². The van der Waals surface area contributed by atoms with Crippen molar-refractivity contribution in [1.29, 1.82) is 0 Å². The van der Waals surface area contributed by atoms with Crippen molar-refractivity contribution in [3.63, 3.8) is 0 Å². The van der Waals surface area contributed by atoms with Gasteiger partial charge in [-0.15, -0.1) is 0 Å². The molecule has 1 saturated carbocycles. The van der Waals surface area contributed by atoms with E-state index >= 15 is 0 Å². The molecule has 2 fully saturated rings. The molecule has 0 unspecified atom stereocenters. The number of hydrogen-bond acceptors (Lipinski definition) is 2. The van der Waals surface area contributed by atoms with Crippen LogP contribution >= 0.6 is 11.6 Å². The van der Waals surface area contributed by atoms with Gasteiger partial charge in [-0.3, -0.25) is 0 Å².